The van der Waals surface area contributed by atoms with Crippen molar-refractivity contribution in [3.8, 4) is 5.75 Å². The lowest BCUT2D eigenvalue weighted by Crippen LogP contribution is -1.81. The highest BCUT2D eigenvalue weighted by Crippen LogP contribution is 2.36. The number of aromatic hydroxyl groups is 1. The fourth-order valence-corrected chi connectivity index (χ4v) is 2.15. The Morgan fingerprint density at radius 1 is 1.42 bits per heavy atom. The smallest absolute Gasteiger partial charge is 0.144 e. The highest BCUT2D eigenvalue weighted by atomic mass is 79.9. The normalized spacial score (nSPS) is 9.92. The van der Waals surface area contributed by atoms with Crippen LogP contribution >= 0.6 is 31.9 Å². The van der Waals surface area contributed by atoms with E-state index in [0.717, 1.165) is 11.1 Å². The second kappa shape index (κ2) is 3.62. The van der Waals surface area contributed by atoms with Crippen molar-refractivity contribution < 1.29 is 5.11 Å². The number of hydrogen-bond donors (Lipinski definition) is 1. The molecule has 0 heterocycles. The van der Waals surface area contributed by atoms with Crippen molar-refractivity contribution in [1.29, 1.82) is 0 Å². The Bertz CT molecular complexity index is 332. The van der Waals surface area contributed by atoms with Crippen molar-refractivity contribution in [2.24, 2.45) is 0 Å². The van der Waals surface area contributed by atoms with E-state index in [9.17, 15) is 5.11 Å². The Morgan fingerprint density at radius 2 is 2.00 bits per heavy atom. The molecular formula is C9H8Br2O. The fourth-order valence-electron chi connectivity index (χ4n) is 0.871. The van der Waals surface area contributed by atoms with Gasteiger partial charge in [-0.05, 0) is 56.0 Å². The SMILES string of the molecule is C=C(C)c1ccc(Br)c(O)c1Br. The van der Waals surface area contributed by atoms with Crippen molar-refractivity contribution in [2.75, 3.05) is 0 Å². The molecule has 0 aliphatic carbocycles. The Labute approximate surface area is 88.4 Å². The molecule has 0 saturated carbocycles. The van der Waals surface area contributed by atoms with Gasteiger partial charge in [0.25, 0.3) is 0 Å². The van der Waals surface area contributed by atoms with Crippen molar-refractivity contribution in [3.63, 3.8) is 0 Å². The van der Waals surface area contributed by atoms with E-state index in [1.807, 2.05) is 13.0 Å². The maximum absolute atomic E-state index is 9.50. The molecule has 1 rings (SSSR count). The first kappa shape index (κ1) is 9.81. The molecule has 0 radical (unpaired) electrons. The van der Waals surface area contributed by atoms with Crippen LogP contribution in [0.25, 0.3) is 5.57 Å². The van der Waals surface area contributed by atoms with Crippen LogP contribution in [0.2, 0.25) is 0 Å². The number of halogens is 2. The molecule has 12 heavy (non-hydrogen) atoms. The lowest BCUT2D eigenvalue weighted by atomic mass is 10.1. The summed E-state index contributed by atoms with van der Waals surface area (Å²) in [5.74, 6) is 0.218. The average molecular weight is 292 g/mol. The van der Waals surface area contributed by atoms with Crippen LogP contribution in [-0.4, -0.2) is 5.11 Å². The monoisotopic (exact) mass is 290 g/mol. The molecule has 0 spiro atoms. The molecule has 0 atom stereocenters. The number of benzene rings is 1. The number of rotatable bonds is 1. The number of phenols is 1. The molecule has 3 heteroatoms. The first-order valence-corrected chi connectivity index (χ1v) is 4.95. The van der Waals surface area contributed by atoms with Crippen LogP contribution in [0.15, 0.2) is 27.7 Å². The summed E-state index contributed by atoms with van der Waals surface area (Å²) in [6, 6.07) is 3.69. The molecule has 0 unspecified atom stereocenters. The minimum absolute atomic E-state index is 0.218. The van der Waals surface area contributed by atoms with Gasteiger partial charge in [0.2, 0.25) is 0 Å². The van der Waals surface area contributed by atoms with Gasteiger partial charge in [-0.2, -0.15) is 0 Å². The third-order valence-corrected chi connectivity index (χ3v) is 2.97. The van der Waals surface area contributed by atoms with E-state index in [1.54, 1.807) is 6.07 Å². The van der Waals surface area contributed by atoms with Gasteiger partial charge in [-0.25, -0.2) is 0 Å². The molecule has 0 saturated heterocycles. The minimum Gasteiger partial charge on any atom is -0.506 e. The summed E-state index contributed by atoms with van der Waals surface area (Å²) in [6.45, 7) is 5.70. The zero-order valence-corrected chi connectivity index (χ0v) is 9.74. The summed E-state index contributed by atoms with van der Waals surface area (Å²) < 4.78 is 1.36. The molecule has 64 valence electrons. The molecule has 0 fully saturated rings. The Hall–Kier alpha value is -0.280. The van der Waals surface area contributed by atoms with E-state index in [1.165, 1.54) is 0 Å². The first-order chi connectivity index (χ1) is 5.54. The van der Waals surface area contributed by atoms with Gasteiger partial charge in [-0.3, -0.25) is 0 Å². The largest absolute Gasteiger partial charge is 0.506 e. The van der Waals surface area contributed by atoms with Gasteiger partial charge in [-0.1, -0.05) is 12.6 Å². The second-order valence-electron chi connectivity index (χ2n) is 2.54. The van der Waals surface area contributed by atoms with Crippen molar-refractivity contribution in [2.45, 2.75) is 6.92 Å². The van der Waals surface area contributed by atoms with Crippen LogP contribution in [-0.2, 0) is 0 Å². The minimum atomic E-state index is 0.218. The molecule has 1 aromatic rings. The Morgan fingerprint density at radius 3 is 2.50 bits per heavy atom. The second-order valence-corrected chi connectivity index (χ2v) is 4.19. The predicted octanol–water partition coefficient (Wildman–Crippen LogP) is 3.95. The van der Waals surface area contributed by atoms with Gasteiger partial charge in [0, 0.05) is 0 Å². The molecule has 0 amide bonds. The quantitative estimate of drug-likeness (QED) is 0.831. The fraction of sp³-hybridized carbons (Fsp3) is 0.111. The van der Waals surface area contributed by atoms with Gasteiger partial charge in [0.1, 0.15) is 5.75 Å². The lowest BCUT2D eigenvalue weighted by molar-refractivity contribution is 0.468. The zero-order chi connectivity index (χ0) is 9.30. The molecule has 0 bridgehead atoms. The molecule has 1 nitrogen and oxygen atoms in total. The van der Waals surface area contributed by atoms with Gasteiger partial charge >= 0.3 is 0 Å². The van der Waals surface area contributed by atoms with Crippen LogP contribution in [0.5, 0.6) is 5.75 Å². The van der Waals surface area contributed by atoms with Crippen LogP contribution in [0.3, 0.4) is 0 Å². The van der Waals surface area contributed by atoms with Crippen molar-refractivity contribution in [1.82, 2.24) is 0 Å². The lowest BCUT2D eigenvalue weighted by Gasteiger charge is -2.06. The zero-order valence-electron chi connectivity index (χ0n) is 6.56. The van der Waals surface area contributed by atoms with E-state index >= 15 is 0 Å². The maximum atomic E-state index is 9.50. The number of hydrogen-bond acceptors (Lipinski definition) is 1. The van der Waals surface area contributed by atoms with E-state index in [4.69, 9.17) is 0 Å². The van der Waals surface area contributed by atoms with E-state index in [2.05, 4.69) is 38.4 Å². The van der Waals surface area contributed by atoms with Gasteiger partial charge in [0.05, 0.1) is 8.95 Å². The van der Waals surface area contributed by atoms with Crippen LogP contribution in [0.4, 0.5) is 0 Å². The Kier molecular flexibility index (Phi) is 2.96. The highest BCUT2D eigenvalue weighted by molar-refractivity contribution is 9.11. The number of phenolic OH excluding ortho intramolecular Hbond substituents is 1. The summed E-state index contributed by atoms with van der Waals surface area (Å²) in [5, 5.41) is 9.50. The third-order valence-electron chi connectivity index (χ3n) is 1.53. The molecule has 0 aliphatic rings. The predicted molar refractivity (Wildman–Crippen MR) is 58.2 cm³/mol. The summed E-state index contributed by atoms with van der Waals surface area (Å²) in [4.78, 5) is 0. The van der Waals surface area contributed by atoms with Gasteiger partial charge in [0.15, 0.2) is 0 Å². The van der Waals surface area contributed by atoms with Crippen LogP contribution < -0.4 is 0 Å². The topological polar surface area (TPSA) is 20.2 Å². The average Bonchev–Trinajstić information content (AvgIpc) is 2.00. The molecule has 1 aromatic carbocycles. The summed E-state index contributed by atoms with van der Waals surface area (Å²) >= 11 is 6.51. The van der Waals surface area contributed by atoms with E-state index in [-0.39, 0.29) is 5.75 Å². The van der Waals surface area contributed by atoms with Crippen molar-refractivity contribution in [3.05, 3.63) is 33.2 Å². The maximum Gasteiger partial charge on any atom is 0.144 e. The standard InChI is InChI=1S/C9H8Br2O/c1-5(2)6-3-4-7(10)9(12)8(6)11/h3-4,12H,1H2,2H3. The van der Waals surface area contributed by atoms with Gasteiger partial charge in [-0.15, -0.1) is 0 Å². The summed E-state index contributed by atoms with van der Waals surface area (Å²) in [6.07, 6.45) is 0. The summed E-state index contributed by atoms with van der Waals surface area (Å²) in [5.41, 5.74) is 1.85. The molecule has 0 aliphatic heterocycles. The van der Waals surface area contributed by atoms with Crippen molar-refractivity contribution >= 4 is 37.4 Å². The molecular weight excluding hydrogens is 284 g/mol. The number of allylic oxidation sites excluding steroid dienone is 1. The van der Waals surface area contributed by atoms with Crippen LogP contribution in [0.1, 0.15) is 12.5 Å². The first-order valence-electron chi connectivity index (χ1n) is 3.37. The molecule has 0 aromatic heterocycles. The third kappa shape index (κ3) is 1.72. The highest BCUT2D eigenvalue weighted by Gasteiger charge is 2.08. The summed E-state index contributed by atoms with van der Waals surface area (Å²) in [7, 11) is 0. The van der Waals surface area contributed by atoms with E-state index < -0.39 is 0 Å². The molecule has 1 N–H and O–H groups in total. The Balaban J connectivity index is 3.36. The van der Waals surface area contributed by atoms with Crippen LogP contribution in [0, 0.1) is 0 Å². The van der Waals surface area contributed by atoms with Gasteiger partial charge < -0.3 is 5.11 Å². The van der Waals surface area contributed by atoms with E-state index in [0.29, 0.717) is 8.95 Å².